The first-order chi connectivity index (χ1) is 9.30. The first-order valence-corrected chi connectivity index (χ1v) is 6.95. The van der Waals surface area contributed by atoms with E-state index in [0.717, 1.165) is 12.0 Å². The molecule has 4 heteroatoms. The SMILES string of the molecule is CC(C)(C)c1ccc(C(=O)N2CCC[C@H]2C(=O)O)cc1. The monoisotopic (exact) mass is 275 g/mol. The van der Waals surface area contributed by atoms with E-state index in [2.05, 4.69) is 20.8 Å². The van der Waals surface area contributed by atoms with Gasteiger partial charge in [-0.2, -0.15) is 0 Å². The maximum absolute atomic E-state index is 12.4. The number of nitrogens with zero attached hydrogens (tertiary/aromatic N) is 1. The van der Waals surface area contributed by atoms with Gasteiger partial charge in [-0.15, -0.1) is 0 Å². The normalized spacial score (nSPS) is 19.1. The number of amides is 1. The maximum atomic E-state index is 12.4. The van der Waals surface area contributed by atoms with Crippen LogP contribution in [0.25, 0.3) is 0 Å². The second-order valence-corrected chi connectivity index (χ2v) is 6.32. The van der Waals surface area contributed by atoms with Crippen molar-refractivity contribution in [3.63, 3.8) is 0 Å². The number of rotatable bonds is 2. The van der Waals surface area contributed by atoms with E-state index in [9.17, 15) is 9.59 Å². The van der Waals surface area contributed by atoms with E-state index in [1.165, 1.54) is 4.90 Å². The average Bonchev–Trinajstić information content (AvgIpc) is 2.86. The highest BCUT2D eigenvalue weighted by Gasteiger charge is 2.34. The molecule has 0 saturated carbocycles. The molecule has 1 aliphatic heterocycles. The molecule has 1 atom stereocenters. The maximum Gasteiger partial charge on any atom is 0.326 e. The van der Waals surface area contributed by atoms with E-state index in [1.54, 1.807) is 12.1 Å². The van der Waals surface area contributed by atoms with Crippen LogP contribution in [0.15, 0.2) is 24.3 Å². The van der Waals surface area contributed by atoms with Crippen LogP contribution < -0.4 is 0 Å². The van der Waals surface area contributed by atoms with Crippen LogP contribution in [0.2, 0.25) is 0 Å². The lowest BCUT2D eigenvalue weighted by molar-refractivity contribution is -0.141. The van der Waals surface area contributed by atoms with Gasteiger partial charge >= 0.3 is 5.97 Å². The van der Waals surface area contributed by atoms with Gasteiger partial charge in [0.25, 0.3) is 5.91 Å². The van der Waals surface area contributed by atoms with E-state index in [0.29, 0.717) is 18.5 Å². The molecule has 1 saturated heterocycles. The van der Waals surface area contributed by atoms with E-state index in [-0.39, 0.29) is 11.3 Å². The summed E-state index contributed by atoms with van der Waals surface area (Å²) in [4.78, 5) is 25.0. The quantitative estimate of drug-likeness (QED) is 0.902. The molecule has 1 aromatic carbocycles. The Bertz CT molecular complexity index is 514. The Labute approximate surface area is 119 Å². The fourth-order valence-electron chi connectivity index (χ4n) is 2.55. The number of carbonyl (C=O) groups excluding carboxylic acids is 1. The largest absolute Gasteiger partial charge is 0.480 e. The number of aliphatic carboxylic acids is 1. The average molecular weight is 275 g/mol. The van der Waals surface area contributed by atoms with Crippen LogP contribution >= 0.6 is 0 Å². The van der Waals surface area contributed by atoms with E-state index < -0.39 is 12.0 Å². The van der Waals surface area contributed by atoms with Crippen molar-refractivity contribution < 1.29 is 14.7 Å². The number of carboxylic acids is 1. The highest BCUT2D eigenvalue weighted by molar-refractivity contribution is 5.97. The summed E-state index contributed by atoms with van der Waals surface area (Å²) in [6, 6.07) is 6.79. The van der Waals surface area contributed by atoms with E-state index >= 15 is 0 Å². The second kappa shape index (κ2) is 5.27. The number of hydrogen-bond acceptors (Lipinski definition) is 2. The van der Waals surface area contributed by atoms with E-state index in [4.69, 9.17) is 5.11 Å². The smallest absolute Gasteiger partial charge is 0.326 e. The van der Waals surface area contributed by atoms with Gasteiger partial charge in [0.1, 0.15) is 6.04 Å². The lowest BCUT2D eigenvalue weighted by atomic mass is 9.86. The summed E-state index contributed by atoms with van der Waals surface area (Å²) < 4.78 is 0. The zero-order valence-electron chi connectivity index (χ0n) is 12.2. The van der Waals surface area contributed by atoms with Gasteiger partial charge < -0.3 is 10.0 Å². The molecule has 1 amide bonds. The van der Waals surface area contributed by atoms with Crippen molar-refractivity contribution in [1.29, 1.82) is 0 Å². The van der Waals surface area contributed by atoms with Gasteiger partial charge in [-0.25, -0.2) is 4.79 Å². The van der Waals surface area contributed by atoms with E-state index in [1.807, 2.05) is 12.1 Å². The number of benzene rings is 1. The Balaban J connectivity index is 2.19. The molecule has 1 aromatic rings. The van der Waals surface area contributed by atoms with Gasteiger partial charge in [-0.05, 0) is 36.0 Å². The summed E-state index contributed by atoms with van der Waals surface area (Å²) in [5, 5.41) is 9.14. The van der Waals surface area contributed by atoms with Crippen LogP contribution in [-0.4, -0.2) is 34.5 Å². The Morgan fingerprint density at radius 1 is 1.20 bits per heavy atom. The van der Waals surface area contributed by atoms with Crippen molar-refractivity contribution in [3.05, 3.63) is 35.4 Å². The molecule has 20 heavy (non-hydrogen) atoms. The zero-order chi connectivity index (χ0) is 14.9. The molecule has 1 aliphatic rings. The molecule has 1 fully saturated rings. The predicted octanol–water partition coefficient (Wildman–Crippen LogP) is 2.67. The van der Waals surface area contributed by atoms with Gasteiger partial charge in [0.15, 0.2) is 0 Å². The Hall–Kier alpha value is -1.84. The Morgan fingerprint density at radius 3 is 2.30 bits per heavy atom. The minimum atomic E-state index is -0.915. The lowest BCUT2D eigenvalue weighted by Gasteiger charge is -2.23. The summed E-state index contributed by atoms with van der Waals surface area (Å²) in [7, 11) is 0. The van der Waals surface area contributed by atoms with Crippen molar-refractivity contribution in [2.45, 2.75) is 45.1 Å². The molecular formula is C16H21NO3. The number of hydrogen-bond donors (Lipinski definition) is 1. The summed E-state index contributed by atoms with van der Waals surface area (Å²) in [5.74, 6) is -1.10. The number of likely N-dealkylation sites (tertiary alicyclic amines) is 1. The molecule has 0 radical (unpaired) electrons. The highest BCUT2D eigenvalue weighted by Crippen LogP contribution is 2.24. The fraction of sp³-hybridized carbons (Fsp3) is 0.500. The second-order valence-electron chi connectivity index (χ2n) is 6.32. The summed E-state index contributed by atoms with van der Waals surface area (Å²) in [6.07, 6.45) is 1.30. The van der Waals surface area contributed by atoms with Gasteiger partial charge in [0.05, 0.1) is 0 Å². The molecule has 0 unspecified atom stereocenters. The van der Waals surface area contributed by atoms with Gasteiger partial charge in [0.2, 0.25) is 0 Å². The topological polar surface area (TPSA) is 57.6 Å². The molecule has 1 heterocycles. The van der Waals surface area contributed by atoms with Crippen molar-refractivity contribution in [3.8, 4) is 0 Å². The van der Waals surface area contributed by atoms with Crippen LogP contribution in [0.1, 0.15) is 49.5 Å². The Kier molecular flexibility index (Phi) is 3.84. The van der Waals surface area contributed by atoms with Crippen LogP contribution in [0.4, 0.5) is 0 Å². The standard InChI is InChI=1S/C16H21NO3/c1-16(2,3)12-8-6-11(7-9-12)14(18)17-10-4-5-13(17)15(19)20/h6-9,13H,4-5,10H2,1-3H3,(H,19,20)/t13-/m0/s1. The van der Waals surface area contributed by atoms with Crippen LogP contribution in [0.3, 0.4) is 0 Å². The van der Waals surface area contributed by atoms with Gasteiger partial charge in [-0.1, -0.05) is 32.9 Å². The Morgan fingerprint density at radius 2 is 1.80 bits per heavy atom. The fourth-order valence-corrected chi connectivity index (χ4v) is 2.55. The molecule has 4 nitrogen and oxygen atoms in total. The lowest BCUT2D eigenvalue weighted by Crippen LogP contribution is -2.40. The molecule has 0 aliphatic carbocycles. The minimum absolute atomic E-state index is 0.0405. The van der Waals surface area contributed by atoms with Crippen LogP contribution in [0, 0.1) is 0 Å². The van der Waals surface area contributed by atoms with Crippen LogP contribution in [-0.2, 0) is 10.2 Å². The van der Waals surface area contributed by atoms with Crippen molar-refractivity contribution >= 4 is 11.9 Å². The summed E-state index contributed by atoms with van der Waals surface area (Å²) in [5.41, 5.74) is 1.76. The minimum Gasteiger partial charge on any atom is -0.480 e. The number of carboxylic acid groups (broad SMARTS) is 1. The summed E-state index contributed by atoms with van der Waals surface area (Å²) in [6.45, 7) is 6.87. The molecule has 2 rings (SSSR count). The first kappa shape index (κ1) is 14.6. The molecular weight excluding hydrogens is 254 g/mol. The molecule has 108 valence electrons. The van der Waals surface area contributed by atoms with Crippen LogP contribution in [0.5, 0.6) is 0 Å². The highest BCUT2D eigenvalue weighted by atomic mass is 16.4. The molecule has 1 N–H and O–H groups in total. The third-order valence-corrected chi connectivity index (χ3v) is 3.80. The molecule has 0 spiro atoms. The summed E-state index contributed by atoms with van der Waals surface area (Å²) >= 11 is 0. The van der Waals surface area contributed by atoms with Crippen molar-refractivity contribution in [1.82, 2.24) is 4.90 Å². The first-order valence-electron chi connectivity index (χ1n) is 6.95. The molecule has 0 aromatic heterocycles. The number of carbonyl (C=O) groups is 2. The third kappa shape index (κ3) is 2.84. The van der Waals surface area contributed by atoms with Gasteiger partial charge in [0, 0.05) is 12.1 Å². The van der Waals surface area contributed by atoms with Crippen molar-refractivity contribution in [2.75, 3.05) is 6.54 Å². The zero-order valence-corrected chi connectivity index (χ0v) is 12.2. The molecule has 0 bridgehead atoms. The van der Waals surface area contributed by atoms with Gasteiger partial charge in [-0.3, -0.25) is 4.79 Å². The predicted molar refractivity (Wildman–Crippen MR) is 76.8 cm³/mol. The van der Waals surface area contributed by atoms with Crippen molar-refractivity contribution in [2.24, 2.45) is 0 Å². The third-order valence-electron chi connectivity index (χ3n) is 3.80.